The Morgan fingerprint density at radius 3 is 2.47 bits per heavy atom. The number of ether oxygens (including phenoxy) is 1. The van der Waals surface area contributed by atoms with Crippen LogP contribution in [0.4, 0.5) is 5.69 Å². The Morgan fingerprint density at radius 1 is 1.00 bits per heavy atom. The van der Waals surface area contributed by atoms with Gasteiger partial charge in [0.25, 0.3) is 11.6 Å². The largest absolute Gasteiger partial charge is 0.484 e. The van der Waals surface area contributed by atoms with Crippen LogP contribution in [0.25, 0.3) is 5.57 Å². The van der Waals surface area contributed by atoms with Crippen molar-refractivity contribution in [2.24, 2.45) is 0 Å². The summed E-state index contributed by atoms with van der Waals surface area (Å²) in [4.78, 5) is 25.8. The van der Waals surface area contributed by atoms with Crippen LogP contribution in [0.2, 0.25) is 0 Å². The third kappa shape index (κ3) is 3.64. The number of carbonyl (C=O) groups is 1. The van der Waals surface area contributed by atoms with Crippen molar-refractivity contribution in [2.45, 2.75) is 18.9 Å². The van der Waals surface area contributed by atoms with Gasteiger partial charge in [0.15, 0.2) is 6.61 Å². The summed E-state index contributed by atoms with van der Waals surface area (Å²) < 4.78 is 5.73. The van der Waals surface area contributed by atoms with E-state index < -0.39 is 4.92 Å². The van der Waals surface area contributed by atoms with Crippen molar-refractivity contribution in [1.29, 1.82) is 0 Å². The first-order valence-electron chi connectivity index (χ1n) is 10.6. The average Bonchev–Trinajstić information content (AvgIpc) is 3.21. The summed E-state index contributed by atoms with van der Waals surface area (Å²) in [6.07, 6.45) is 1.56. The summed E-state index contributed by atoms with van der Waals surface area (Å²) >= 11 is 0. The summed E-state index contributed by atoms with van der Waals surface area (Å²) in [5.74, 6) is 0.553. The Labute approximate surface area is 185 Å². The Morgan fingerprint density at radius 2 is 1.72 bits per heavy atom. The number of non-ortho nitro benzene ring substituents is 1. The second-order valence-corrected chi connectivity index (χ2v) is 8.03. The second kappa shape index (κ2) is 8.30. The molecule has 3 aromatic rings. The summed E-state index contributed by atoms with van der Waals surface area (Å²) in [6, 6.07) is 23.9. The maximum atomic E-state index is 13.3. The van der Waals surface area contributed by atoms with E-state index in [1.165, 1.54) is 34.4 Å². The molecule has 0 radical (unpaired) electrons. The Balaban J connectivity index is 1.48. The van der Waals surface area contributed by atoms with Gasteiger partial charge < -0.3 is 9.64 Å². The van der Waals surface area contributed by atoms with Crippen LogP contribution in [-0.2, 0) is 11.2 Å². The van der Waals surface area contributed by atoms with E-state index in [0.717, 1.165) is 18.4 Å². The van der Waals surface area contributed by atoms with E-state index in [2.05, 4.69) is 12.1 Å². The van der Waals surface area contributed by atoms with Crippen molar-refractivity contribution in [2.75, 3.05) is 13.2 Å². The van der Waals surface area contributed by atoms with Crippen LogP contribution in [-0.4, -0.2) is 28.9 Å². The Hall–Kier alpha value is -3.93. The van der Waals surface area contributed by atoms with E-state index in [9.17, 15) is 14.9 Å². The summed E-state index contributed by atoms with van der Waals surface area (Å²) in [7, 11) is 0. The normalized spacial score (nSPS) is 17.0. The van der Waals surface area contributed by atoms with E-state index in [1.807, 2.05) is 47.4 Å². The molecule has 1 heterocycles. The van der Waals surface area contributed by atoms with Gasteiger partial charge in [-0.3, -0.25) is 14.9 Å². The lowest BCUT2D eigenvalue weighted by Crippen LogP contribution is -2.41. The molecule has 1 aliphatic carbocycles. The molecular formula is C26H22N2O4. The third-order valence-electron chi connectivity index (χ3n) is 6.20. The minimum absolute atomic E-state index is 0.0405. The average molecular weight is 426 g/mol. The predicted molar refractivity (Wildman–Crippen MR) is 121 cm³/mol. The van der Waals surface area contributed by atoms with Crippen molar-refractivity contribution >= 4 is 17.2 Å². The first-order chi connectivity index (χ1) is 15.6. The lowest BCUT2D eigenvalue weighted by molar-refractivity contribution is -0.384. The predicted octanol–water partition coefficient (Wildman–Crippen LogP) is 4.96. The standard InChI is InChI=1S/C26H22N2O4/c29-25(17-32-21-7-2-1-3-8-21)27-15-14-23-22-9-5-4-6-19(22)16-24(23)26(27)18-10-12-20(13-11-18)28(30)31/h1-13,26H,14-17H2. The molecule has 160 valence electrons. The smallest absolute Gasteiger partial charge is 0.269 e. The fourth-order valence-corrected chi connectivity index (χ4v) is 4.73. The van der Waals surface area contributed by atoms with Crippen LogP contribution in [0.3, 0.4) is 0 Å². The molecule has 1 atom stereocenters. The maximum Gasteiger partial charge on any atom is 0.269 e. The monoisotopic (exact) mass is 426 g/mol. The molecular weight excluding hydrogens is 404 g/mol. The molecule has 0 bridgehead atoms. The van der Waals surface area contributed by atoms with Crippen LogP contribution in [0.5, 0.6) is 5.75 Å². The number of benzene rings is 3. The van der Waals surface area contributed by atoms with Gasteiger partial charge in [-0.05, 0) is 64.9 Å². The Kier molecular flexibility index (Phi) is 5.19. The molecule has 1 amide bonds. The molecule has 5 rings (SSSR count). The number of nitrogens with zero attached hydrogens (tertiary/aromatic N) is 2. The highest BCUT2D eigenvalue weighted by atomic mass is 16.6. The van der Waals surface area contributed by atoms with Gasteiger partial charge in [0.1, 0.15) is 5.75 Å². The molecule has 0 fully saturated rings. The maximum absolute atomic E-state index is 13.3. The number of para-hydroxylation sites is 1. The number of hydrogen-bond acceptors (Lipinski definition) is 4. The highest BCUT2D eigenvalue weighted by molar-refractivity contribution is 5.84. The second-order valence-electron chi connectivity index (χ2n) is 8.03. The highest BCUT2D eigenvalue weighted by Gasteiger charge is 2.37. The number of amides is 1. The number of carbonyl (C=O) groups excluding carboxylic acids is 1. The lowest BCUT2D eigenvalue weighted by atomic mass is 9.88. The van der Waals surface area contributed by atoms with Gasteiger partial charge in [-0.25, -0.2) is 0 Å². The van der Waals surface area contributed by atoms with Crippen LogP contribution in [0.1, 0.15) is 29.2 Å². The van der Waals surface area contributed by atoms with Crippen molar-refractivity contribution < 1.29 is 14.5 Å². The SMILES string of the molecule is O=C(COc1ccccc1)N1CCC2=C(Cc3ccccc32)C1c1ccc([N+](=O)[O-])cc1. The Bertz CT molecular complexity index is 1200. The number of hydrogen-bond donors (Lipinski definition) is 0. The quantitative estimate of drug-likeness (QED) is 0.427. The zero-order valence-corrected chi connectivity index (χ0v) is 17.4. The number of nitro benzene ring substituents is 1. The molecule has 1 aliphatic heterocycles. The van der Waals surface area contributed by atoms with Crippen LogP contribution < -0.4 is 4.74 Å². The van der Waals surface area contributed by atoms with Gasteiger partial charge in [0.2, 0.25) is 0 Å². The third-order valence-corrected chi connectivity index (χ3v) is 6.20. The first-order valence-corrected chi connectivity index (χ1v) is 10.6. The van der Waals surface area contributed by atoms with E-state index in [4.69, 9.17) is 4.74 Å². The summed E-state index contributed by atoms with van der Waals surface area (Å²) in [6.45, 7) is 0.523. The van der Waals surface area contributed by atoms with Gasteiger partial charge in [0, 0.05) is 18.7 Å². The fraction of sp³-hybridized carbons (Fsp3) is 0.192. The lowest BCUT2D eigenvalue weighted by Gasteiger charge is -2.37. The van der Waals surface area contributed by atoms with Crippen molar-refractivity contribution in [3.05, 3.63) is 111 Å². The fourth-order valence-electron chi connectivity index (χ4n) is 4.73. The molecule has 6 heteroatoms. The first kappa shape index (κ1) is 20.0. The molecule has 0 spiro atoms. The molecule has 0 saturated heterocycles. The van der Waals surface area contributed by atoms with Crippen molar-refractivity contribution in [3.63, 3.8) is 0 Å². The van der Waals surface area contributed by atoms with E-state index in [1.54, 1.807) is 12.1 Å². The minimum Gasteiger partial charge on any atom is -0.484 e. The molecule has 32 heavy (non-hydrogen) atoms. The zero-order valence-electron chi connectivity index (χ0n) is 17.4. The molecule has 0 saturated carbocycles. The molecule has 2 aliphatic rings. The number of rotatable bonds is 5. The van der Waals surface area contributed by atoms with E-state index in [0.29, 0.717) is 12.3 Å². The van der Waals surface area contributed by atoms with Gasteiger partial charge in [-0.15, -0.1) is 0 Å². The van der Waals surface area contributed by atoms with Gasteiger partial charge in [-0.1, -0.05) is 42.5 Å². The zero-order chi connectivity index (χ0) is 22.1. The molecule has 3 aromatic carbocycles. The topological polar surface area (TPSA) is 72.7 Å². The van der Waals surface area contributed by atoms with Crippen LogP contribution in [0, 0.1) is 10.1 Å². The summed E-state index contributed by atoms with van der Waals surface area (Å²) in [5, 5.41) is 11.1. The summed E-state index contributed by atoms with van der Waals surface area (Å²) in [5.41, 5.74) is 5.92. The molecule has 0 aromatic heterocycles. The molecule has 0 N–H and O–H groups in total. The molecule has 1 unspecified atom stereocenters. The van der Waals surface area contributed by atoms with E-state index >= 15 is 0 Å². The number of fused-ring (bicyclic) bond motifs is 2. The van der Waals surface area contributed by atoms with Crippen molar-refractivity contribution in [1.82, 2.24) is 4.90 Å². The molecule has 6 nitrogen and oxygen atoms in total. The van der Waals surface area contributed by atoms with Gasteiger partial charge in [-0.2, -0.15) is 0 Å². The van der Waals surface area contributed by atoms with Gasteiger partial charge >= 0.3 is 0 Å². The van der Waals surface area contributed by atoms with E-state index in [-0.39, 0.29) is 24.2 Å². The number of nitro groups is 1. The van der Waals surface area contributed by atoms with Crippen LogP contribution >= 0.6 is 0 Å². The highest BCUT2D eigenvalue weighted by Crippen LogP contribution is 2.46. The van der Waals surface area contributed by atoms with Gasteiger partial charge in [0.05, 0.1) is 11.0 Å². The van der Waals surface area contributed by atoms with Crippen molar-refractivity contribution in [3.8, 4) is 5.75 Å². The minimum atomic E-state index is -0.405. The van der Waals surface area contributed by atoms with Crippen LogP contribution in [0.15, 0.2) is 84.4 Å².